The third-order valence-electron chi connectivity index (χ3n) is 4.77. The Balaban J connectivity index is 2.02. The molecule has 0 aliphatic heterocycles. The van der Waals surface area contributed by atoms with Crippen LogP contribution in [-0.4, -0.2) is 30.4 Å². The van der Waals surface area contributed by atoms with E-state index in [2.05, 4.69) is 6.58 Å². The van der Waals surface area contributed by atoms with E-state index in [1.165, 1.54) is 6.92 Å². The van der Waals surface area contributed by atoms with E-state index >= 15 is 0 Å². The number of rotatable bonds is 6. The van der Waals surface area contributed by atoms with Gasteiger partial charge >= 0.3 is 5.97 Å². The van der Waals surface area contributed by atoms with E-state index < -0.39 is 11.5 Å². The molecule has 1 aromatic rings. The Morgan fingerprint density at radius 3 is 2.74 bits per heavy atom. The number of hydrogen-bond donors (Lipinski definition) is 1. The smallest absolute Gasteiger partial charge is 0.302 e. The summed E-state index contributed by atoms with van der Waals surface area (Å²) in [6, 6.07) is 9.93. The zero-order valence-corrected chi connectivity index (χ0v) is 14.0. The minimum absolute atomic E-state index is 0.0917. The Labute approximate surface area is 138 Å². The quantitative estimate of drug-likeness (QED) is 0.647. The highest BCUT2D eigenvalue weighted by molar-refractivity contribution is 5.65. The van der Waals surface area contributed by atoms with Gasteiger partial charge in [0.05, 0.1) is 25.9 Å². The van der Waals surface area contributed by atoms with E-state index in [0.29, 0.717) is 19.6 Å². The van der Waals surface area contributed by atoms with Crippen LogP contribution in [0.1, 0.15) is 32.3 Å². The van der Waals surface area contributed by atoms with Crippen molar-refractivity contribution in [1.29, 1.82) is 0 Å². The Bertz CT molecular complexity index is 540. The Hall–Kier alpha value is -1.65. The minimum Gasteiger partial charge on any atom is -0.465 e. The molecule has 0 spiro atoms. The first-order valence-electron chi connectivity index (χ1n) is 8.04. The molecule has 1 aromatic carbocycles. The third kappa shape index (κ3) is 4.43. The van der Waals surface area contributed by atoms with Crippen LogP contribution in [0.15, 0.2) is 42.5 Å². The van der Waals surface area contributed by atoms with E-state index in [9.17, 15) is 9.90 Å². The first kappa shape index (κ1) is 17.7. The van der Waals surface area contributed by atoms with Crippen LogP contribution < -0.4 is 0 Å². The number of carbonyl (C=O) groups excluding carboxylic acids is 1. The van der Waals surface area contributed by atoms with Gasteiger partial charge in [-0.05, 0) is 18.4 Å². The van der Waals surface area contributed by atoms with Crippen molar-refractivity contribution in [2.75, 3.05) is 13.2 Å². The molecule has 0 aromatic heterocycles. The van der Waals surface area contributed by atoms with Gasteiger partial charge in [0.25, 0.3) is 0 Å². The standard InChI is InChI=1S/C19H26O4/c1-14-9-10-18(21)19(3,17(14)12-23-15(2)20)13-22-11-16-7-5-4-6-8-16/h4-8,17-18,21H,1,9-13H2,2-3H3/t17?,18-,19-/m0/s1. The van der Waals surface area contributed by atoms with E-state index in [4.69, 9.17) is 9.47 Å². The maximum atomic E-state index is 11.1. The van der Waals surface area contributed by atoms with Gasteiger partial charge in [-0.15, -0.1) is 0 Å². The Morgan fingerprint density at radius 1 is 1.39 bits per heavy atom. The van der Waals surface area contributed by atoms with E-state index in [0.717, 1.165) is 17.6 Å². The van der Waals surface area contributed by atoms with Crippen LogP contribution in [0.5, 0.6) is 0 Å². The summed E-state index contributed by atoms with van der Waals surface area (Å²) < 4.78 is 11.1. The predicted octanol–water partition coefficient (Wildman–Crippen LogP) is 3.10. The lowest BCUT2D eigenvalue weighted by atomic mass is 9.64. The van der Waals surface area contributed by atoms with Crippen molar-refractivity contribution in [2.45, 2.75) is 39.4 Å². The van der Waals surface area contributed by atoms with Crippen molar-refractivity contribution >= 4 is 5.97 Å². The van der Waals surface area contributed by atoms with Gasteiger partial charge in [-0.1, -0.05) is 49.4 Å². The van der Waals surface area contributed by atoms with E-state index in [-0.39, 0.29) is 18.5 Å². The molecule has 1 unspecified atom stereocenters. The van der Waals surface area contributed by atoms with Gasteiger partial charge in [0, 0.05) is 18.3 Å². The summed E-state index contributed by atoms with van der Waals surface area (Å²) in [5, 5.41) is 10.5. The number of esters is 1. The van der Waals surface area contributed by atoms with Crippen LogP contribution in [0.3, 0.4) is 0 Å². The summed E-state index contributed by atoms with van der Waals surface area (Å²) in [5.41, 5.74) is 1.61. The van der Waals surface area contributed by atoms with Crippen molar-refractivity contribution in [1.82, 2.24) is 0 Å². The molecule has 1 saturated carbocycles. The lowest BCUT2D eigenvalue weighted by Crippen LogP contribution is -2.48. The SMILES string of the molecule is C=C1CC[C@H](O)[C@@](C)(COCc2ccccc2)C1COC(C)=O. The number of ether oxygens (including phenoxy) is 2. The second-order valence-corrected chi connectivity index (χ2v) is 6.55. The molecule has 0 amide bonds. The molecule has 0 heterocycles. The zero-order valence-electron chi connectivity index (χ0n) is 14.0. The van der Waals surface area contributed by atoms with Gasteiger partial charge in [-0.3, -0.25) is 4.79 Å². The number of hydrogen-bond acceptors (Lipinski definition) is 4. The highest BCUT2D eigenvalue weighted by Crippen LogP contribution is 2.44. The maximum absolute atomic E-state index is 11.1. The summed E-state index contributed by atoms with van der Waals surface area (Å²) >= 11 is 0. The van der Waals surface area contributed by atoms with E-state index in [1.807, 2.05) is 37.3 Å². The Morgan fingerprint density at radius 2 is 2.09 bits per heavy atom. The molecule has 1 aliphatic rings. The molecule has 126 valence electrons. The molecule has 3 atom stereocenters. The normalized spacial score (nSPS) is 27.7. The molecule has 1 fully saturated rings. The van der Waals surface area contributed by atoms with Crippen LogP contribution in [0, 0.1) is 11.3 Å². The molecule has 4 heteroatoms. The van der Waals surface area contributed by atoms with Gasteiger partial charge in [0.1, 0.15) is 0 Å². The third-order valence-corrected chi connectivity index (χ3v) is 4.77. The zero-order chi connectivity index (χ0) is 16.9. The minimum atomic E-state index is -0.500. The number of aliphatic hydroxyl groups excluding tert-OH is 1. The average Bonchev–Trinajstić information content (AvgIpc) is 2.52. The van der Waals surface area contributed by atoms with Crippen molar-refractivity contribution in [3.05, 3.63) is 48.0 Å². The molecule has 4 nitrogen and oxygen atoms in total. The van der Waals surface area contributed by atoms with Crippen LogP contribution >= 0.6 is 0 Å². The monoisotopic (exact) mass is 318 g/mol. The maximum Gasteiger partial charge on any atom is 0.302 e. The number of aliphatic hydroxyl groups is 1. The van der Waals surface area contributed by atoms with Crippen molar-refractivity contribution in [3.8, 4) is 0 Å². The van der Waals surface area contributed by atoms with Gasteiger partial charge in [-0.2, -0.15) is 0 Å². The summed E-state index contributed by atoms with van der Waals surface area (Å²) in [4.78, 5) is 11.1. The molecule has 23 heavy (non-hydrogen) atoms. The number of benzene rings is 1. The molecule has 0 radical (unpaired) electrons. The molecular weight excluding hydrogens is 292 g/mol. The van der Waals surface area contributed by atoms with Crippen molar-refractivity contribution < 1.29 is 19.4 Å². The molecule has 0 saturated heterocycles. The second-order valence-electron chi connectivity index (χ2n) is 6.55. The molecule has 2 rings (SSSR count). The van der Waals surface area contributed by atoms with Gasteiger partial charge in [0.2, 0.25) is 0 Å². The summed E-state index contributed by atoms with van der Waals surface area (Å²) in [6.07, 6.45) is 0.923. The van der Waals surface area contributed by atoms with Crippen molar-refractivity contribution in [2.24, 2.45) is 11.3 Å². The molecule has 1 aliphatic carbocycles. The van der Waals surface area contributed by atoms with Gasteiger partial charge < -0.3 is 14.6 Å². The largest absolute Gasteiger partial charge is 0.465 e. The Kier molecular flexibility index (Phi) is 5.97. The van der Waals surface area contributed by atoms with Crippen LogP contribution in [0.25, 0.3) is 0 Å². The second kappa shape index (κ2) is 7.75. The van der Waals surface area contributed by atoms with Gasteiger partial charge in [0.15, 0.2) is 0 Å². The summed E-state index contributed by atoms with van der Waals surface area (Å²) in [5.74, 6) is -0.406. The predicted molar refractivity (Wildman–Crippen MR) is 88.7 cm³/mol. The lowest BCUT2D eigenvalue weighted by Gasteiger charge is -2.45. The van der Waals surface area contributed by atoms with Crippen molar-refractivity contribution in [3.63, 3.8) is 0 Å². The van der Waals surface area contributed by atoms with Crippen LogP contribution in [-0.2, 0) is 20.9 Å². The molecule has 0 bridgehead atoms. The first-order valence-corrected chi connectivity index (χ1v) is 8.04. The van der Waals surface area contributed by atoms with Gasteiger partial charge in [-0.25, -0.2) is 0 Å². The highest BCUT2D eigenvalue weighted by atomic mass is 16.5. The fourth-order valence-corrected chi connectivity index (χ4v) is 3.19. The topological polar surface area (TPSA) is 55.8 Å². The molecular formula is C19H26O4. The summed E-state index contributed by atoms with van der Waals surface area (Å²) in [6.45, 7) is 8.63. The average molecular weight is 318 g/mol. The fourth-order valence-electron chi connectivity index (χ4n) is 3.19. The lowest BCUT2D eigenvalue weighted by molar-refractivity contribution is -0.147. The molecule has 1 N–H and O–H groups in total. The number of carbonyl (C=O) groups is 1. The first-order chi connectivity index (χ1) is 10.9. The summed E-state index contributed by atoms with van der Waals surface area (Å²) in [7, 11) is 0. The fraction of sp³-hybridized carbons (Fsp3) is 0.526. The van der Waals surface area contributed by atoms with Crippen LogP contribution in [0.4, 0.5) is 0 Å². The van der Waals surface area contributed by atoms with E-state index in [1.54, 1.807) is 0 Å². The van der Waals surface area contributed by atoms with Crippen LogP contribution in [0.2, 0.25) is 0 Å². The highest BCUT2D eigenvalue weighted by Gasteiger charge is 2.45.